The van der Waals surface area contributed by atoms with Crippen LogP contribution in [0.1, 0.15) is 37.5 Å². The van der Waals surface area contributed by atoms with E-state index in [1.165, 1.54) is 0 Å². The number of nitrogens with one attached hydrogen (secondary N) is 1. The number of hydrogen-bond donors (Lipinski definition) is 2. The molecule has 1 amide bonds. The van der Waals surface area contributed by atoms with E-state index in [4.69, 9.17) is 0 Å². The first-order valence-electron chi connectivity index (χ1n) is 8.82. The minimum atomic E-state index is -0.290. The largest absolute Gasteiger partial charge is 0.396 e. The smallest absolute Gasteiger partial charge is 0.238 e. The van der Waals surface area contributed by atoms with Gasteiger partial charge in [-0.2, -0.15) is 0 Å². The van der Waals surface area contributed by atoms with Crippen molar-refractivity contribution < 1.29 is 9.90 Å². The Morgan fingerprint density at radius 1 is 1.08 bits per heavy atom. The van der Waals surface area contributed by atoms with E-state index in [1.807, 2.05) is 67.6 Å². The number of rotatable bonds is 9. The van der Waals surface area contributed by atoms with Crippen LogP contribution in [0.15, 0.2) is 65.6 Å². The molecule has 0 bridgehead atoms. The number of thioether (sulfide) groups is 1. The average Bonchev–Trinajstić information content (AvgIpc) is 2.66. The van der Waals surface area contributed by atoms with Crippen molar-refractivity contribution in [1.29, 1.82) is 0 Å². The van der Waals surface area contributed by atoms with E-state index in [9.17, 15) is 9.90 Å². The molecule has 0 aromatic heterocycles. The number of carbonyl (C=O) groups is 1. The molecule has 2 aromatic carbocycles. The standard InChI is InChI=1S/C21H27NO2S/c1-3-18(14-16(2)15-23)22-21(24)20(17-10-6-4-7-11-17)25-19-12-8-5-9-13-19/h4-13,16,18,20,23H,3,14-15H2,1-2H3,(H,22,24)/t16-,18-,20-/m1/s1. The van der Waals surface area contributed by atoms with Gasteiger partial charge in [-0.05, 0) is 36.5 Å². The van der Waals surface area contributed by atoms with Crippen molar-refractivity contribution in [2.45, 2.75) is 42.9 Å². The average molecular weight is 358 g/mol. The fourth-order valence-electron chi connectivity index (χ4n) is 2.70. The highest BCUT2D eigenvalue weighted by atomic mass is 32.2. The van der Waals surface area contributed by atoms with E-state index in [1.54, 1.807) is 11.8 Å². The van der Waals surface area contributed by atoms with Gasteiger partial charge < -0.3 is 10.4 Å². The van der Waals surface area contributed by atoms with Gasteiger partial charge in [0, 0.05) is 17.5 Å². The van der Waals surface area contributed by atoms with E-state index >= 15 is 0 Å². The summed E-state index contributed by atoms with van der Waals surface area (Å²) in [5.41, 5.74) is 0.999. The zero-order valence-corrected chi connectivity index (χ0v) is 15.7. The van der Waals surface area contributed by atoms with Crippen molar-refractivity contribution in [2.24, 2.45) is 5.92 Å². The van der Waals surface area contributed by atoms with Gasteiger partial charge in [0.25, 0.3) is 0 Å². The third-order valence-electron chi connectivity index (χ3n) is 4.18. The van der Waals surface area contributed by atoms with E-state index in [2.05, 4.69) is 12.2 Å². The Morgan fingerprint density at radius 3 is 2.24 bits per heavy atom. The number of aliphatic hydroxyl groups is 1. The minimum Gasteiger partial charge on any atom is -0.396 e. The molecule has 134 valence electrons. The number of hydrogen-bond acceptors (Lipinski definition) is 3. The molecule has 0 spiro atoms. The quantitative estimate of drug-likeness (QED) is 0.653. The van der Waals surface area contributed by atoms with Gasteiger partial charge >= 0.3 is 0 Å². The molecule has 3 atom stereocenters. The Morgan fingerprint density at radius 2 is 1.68 bits per heavy atom. The minimum absolute atomic E-state index is 0.0250. The summed E-state index contributed by atoms with van der Waals surface area (Å²) in [6, 6.07) is 20.0. The first-order chi connectivity index (χ1) is 12.1. The normalized spacial score (nSPS) is 14.5. The number of aliphatic hydroxyl groups excluding tert-OH is 1. The van der Waals surface area contributed by atoms with Crippen molar-refractivity contribution in [3.63, 3.8) is 0 Å². The lowest BCUT2D eigenvalue weighted by molar-refractivity contribution is -0.121. The summed E-state index contributed by atoms with van der Waals surface area (Å²) in [5.74, 6) is 0.208. The van der Waals surface area contributed by atoms with Gasteiger partial charge in [-0.1, -0.05) is 62.4 Å². The Hall–Kier alpha value is -1.78. The van der Waals surface area contributed by atoms with Crippen LogP contribution < -0.4 is 5.32 Å². The second kappa shape index (κ2) is 10.3. The zero-order chi connectivity index (χ0) is 18.1. The second-order valence-electron chi connectivity index (χ2n) is 6.36. The third-order valence-corrected chi connectivity index (χ3v) is 5.44. The molecule has 3 nitrogen and oxygen atoms in total. The van der Waals surface area contributed by atoms with Crippen LogP contribution in [0.5, 0.6) is 0 Å². The Labute approximate surface area is 154 Å². The molecule has 0 radical (unpaired) electrons. The summed E-state index contributed by atoms with van der Waals surface area (Å²) < 4.78 is 0. The Kier molecular flexibility index (Phi) is 8.02. The Balaban J connectivity index is 2.15. The number of amides is 1. The van der Waals surface area contributed by atoms with Gasteiger partial charge in [0.05, 0.1) is 0 Å². The van der Waals surface area contributed by atoms with Crippen LogP contribution in [-0.4, -0.2) is 23.7 Å². The molecule has 0 unspecified atom stereocenters. The molecule has 25 heavy (non-hydrogen) atoms. The monoisotopic (exact) mass is 357 g/mol. The molecule has 2 rings (SSSR count). The maximum atomic E-state index is 13.0. The lowest BCUT2D eigenvalue weighted by Gasteiger charge is -2.24. The van der Waals surface area contributed by atoms with Crippen molar-refractivity contribution in [1.82, 2.24) is 5.32 Å². The molecule has 0 aliphatic heterocycles. The van der Waals surface area contributed by atoms with Crippen molar-refractivity contribution in [2.75, 3.05) is 6.61 Å². The van der Waals surface area contributed by atoms with Crippen molar-refractivity contribution in [3.05, 3.63) is 66.2 Å². The van der Waals surface area contributed by atoms with Gasteiger partial charge in [-0.25, -0.2) is 0 Å². The van der Waals surface area contributed by atoms with E-state index in [0.717, 1.165) is 23.3 Å². The maximum Gasteiger partial charge on any atom is 0.238 e. The molecular weight excluding hydrogens is 330 g/mol. The van der Waals surface area contributed by atoms with Crippen LogP contribution in [0.2, 0.25) is 0 Å². The highest BCUT2D eigenvalue weighted by Gasteiger charge is 2.24. The van der Waals surface area contributed by atoms with Crippen LogP contribution >= 0.6 is 11.8 Å². The van der Waals surface area contributed by atoms with Crippen LogP contribution in [0.25, 0.3) is 0 Å². The SMILES string of the molecule is CC[C@H](C[C@@H](C)CO)NC(=O)[C@H](Sc1ccccc1)c1ccccc1. The van der Waals surface area contributed by atoms with Crippen molar-refractivity contribution in [3.8, 4) is 0 Å². The fourth-order valence-corrected chi connectivity index (χ4v) is 3.76. The summed E-state index contributed by atoms with van der Waals surface area (Å²) in [7, 11) is 0. The van der Waals surface area contributed by atoms with E-state index < -0.39 is 0 Å². The molecule has 0 heterocycles. The second-order valence-corrected chi connectivity index (χ2v) is 7.54. The molecule has 0 aliphatic carbocycles. The highest BCUT2D eigenvalue weighted by molar-refractivity contribution is 8.00. The maximum absolute atomic E-state index is 13.0. The van der Waals surface area contributed by atoms with Crippen molar-refractivity contribution >= 4 is 17.7 Å². The van der Waals surface area contributed by atoms with Gasteiger partial charge in [-0.15, -0.1) is 11.8 Å². The van der Waals surface area contributed by atoms with Crippen LogP contribution in [0, 0.1) is 5.92 Å². The number of carbonyl (C=O) groups excluding carboxylic acids is 1. The zero-order valence-electron chi connectivity index (χ0n) is 14.9. The van der Waals surface area contributed by atoms with Crippen LogP contribution in [-0.2, 0) is 4.79 Å². The topological polar surface area (TPSA) is 49.3 Å². The van der Waals surface area contributed by atoms with Gasteiger partial charge in [0.1, 0.15) is 5.25 Å². The number of benzene rings is 2. The fraction of sp³-hybridized carbons (Fsp3) is 0.381. The molecule has 4 heteroatoms. The summed E-state index contributed by atoms with van der Waals surface area (Å²) in [6.45, 7) is 4.21. The summed E-state index contributed by atoms with van der Waals surface area (Å²) in [6.07, 6.45) is 1.64. The highest BCUT2D eigenvalue weighted by Crippen LogP contribution is 2.35. The predicted octanol–water partition coefficient (Wildman–Crippen LogP) is 4.43. The lowest BCUT2D eigenvalue weighted by atomic mass is 10.0. The van der Waals surface area contributed by atoms with Crippen LogP contribution in [0.3, 0.4) is 0 Å². The van der Waals surface area contributed by atoms with Gasteiger partial charge in [-0.3, -0.25) is 4.79 Å². The lowest BCUT2D eigenvalue weighted by Crippen LogP contribution is -2.38. The summed E-state index contributed by atoms with van der Waals surface area (Å²) in [5, 5.41) is 12.2. The summed E-state index contributed by atoms with van der Waals surface area (Å²) in [4.78, 5) is 14.1. The molecule has 0 fully saturated rings. The molecule has 0 saturated carbocycles. The van der Waals surface area contributed by atoms with Gasteiger partial charge in [0.15, 0.2) is 0 Å². The predicted molar refractivity (Wildman–Crippen MR) is 105 cm³/mol. The first kappa shape index (κ1) is 19.5. The van der Waals surface area contributed by atoms with Crippen LogP contribution in [0.4, 0.5) is 0 Å². The molecular formula is C21H27NO2S. The first-order valence-corrected chi connectivity index (χ1v) is 9.69. The van der Waals surface area contributed by atoms with E-state index in [0.29, 0.717) is 0 Å². The molecule has 2 N–H and O–H groups in total. The molecule has 0 saturated heterocycles. The third kappa shape index (κ3) is 6.22. The summed E-state index contributed by atoms with van der Waals surface area (Å²) >= 11 is 1.57. The van der Waals surface area contributed by atoms with E-state index in [-0.39, 0.29) is 29.7 Å². The molecule has 0 aliphatic rings. The Bertz CT molecular complexity index is 633. The molecule has 2 aromatic rings. The van der Waals surface area contributed by atoms with Gasteiger partial charge in [0.2, 0.25) is 5.91 Å².